The molecule has 0 bridgehead atoms. The minimum absolute atomic E-state index is 0.167. The van der Waals surface area contributed by atoms with Gasteiger partial charge in [0.25, 0.3) is 0 Å². The van der Waals surface area contributed by atoms with Gasteiger partial charge in [0.1, 0.15) is 11.5 Å². The van der Waals surface area contributed by atoms with Gasteiger partial charge in [0.15, 0.2) is 0 Å². The van der Waals surface area contributed by atoms with Crippen molar-refractivity contribution in [2.24, 2.45) is 0 Å². The van der Waals surface area contributed by atoms with Crippen LogP contribution in [0.15, 0.2) is 66.7 Å². The molecule has 1 aliphatic heterocycles. The van der Waals surface area contributed by atoms with E-state index in [4.69, 9.17) is 21.1 Å². The van der Waals surface area contributed by atoms with Crippen molar-refractivity contribution in [3.8, 4) is 39.6 Å². The minimum Gasteiger partial charge on any atom is -0.497 e. The van der Waals surface area contributed by atoms with Gasteiger partial charge < -0.3 is 14.0 Å². The number of benzene rings is 3. The van der Waals surface area contributed by atoms with Gasteiger partial charge in [0.2, 0.25) is 0 Å². The lowest BCUT2D eigenvalue weighted by atomic mass is 9.93. The number of aromatic nitrogens is 1. The van der Waals surface area contributed by atoms with Gasteiger partial charge in [-0.15, -0.1) is 0 Å². The quantitative estimate of drug-likeness (QED) is 0.341. The van der Waals surface area contributed by atoms with Crippen LogP contribution >= 0.6 is 11.6 Å². The van der Waals surface area contributed by atoms with Crippen LogP contribution in [0.3, 0.4) is 0 Å². The lowest BCUT2D eigenvalue weighted by molar-refractivity contribution is 0.391. The Kier molecular flexibility index (Phi) is 4.79. The summed E-state index contributed by atoms with van der Waals surface area (Å²) in [5, 5.41) is 0.737. The maximum Gasteiger partial charge on any atom is 0.128 e. The van der Waals surface area contributed by atoms with Crippen molar-refractivity contribution in [1.82, 2.24) is 4.57 Å². The van der Waals surface area contributed by atoms with E-state index in [9.17, 15) is 0 Å². The maximum absolute atomic E-state index is 6.17. The second-order valence-electron chi connectivity index (χ2n) is 8.02. The number of fused-ring (bicyclic) bond motifs is 3. The second kappa shape index (κ2) is 7.51. The summed E-state index contributed by atoms with van der Waals surface area (Å²) in [5.41, 5.74) is 9.47. The van der Waals surface area contributed by atoms with Gasteiger partial charge in [-0.2, -0.15) is 0 Å². The van der Waals surface area contributed by atoms with Gasteiger partial charge in [-0.25, -0.2) is 0 Å². The summed E-state index contributed by atoms with van der Waals surface area (Å²) >= 11 is 6.17. The monoisotopic (exact) mass is 429 g/mol. The lowest BCUT2D eigenvalue weighted by Gasteiger charge is -2.14. The summed E-state index contributed by atoms with van der Waals surface area (Å²) in [4.78, 5) is 0. The zero-order valence-corrected chi connectivity index (χ0v) is 18.8. The van der Waals surface area contributed by atoms with Crippen molar-refractivity contribution < 1.29 is 9.47 Å². The Bertz CT molecular complexity index is 1270. The van der Waals surface area contributed by atoms with Gasteiger partial charge in [-0.1, -0.05) is 60.5 Å². The molecule has 3 aromatic carbocycles. The summed E-state index contributed by atoms with van der Waals surface area (Å²) in [7, 11) is 3.41. The molecular weight excluding hydrogens is 406 g/mol. The van der Waals surface area contributed by atoms with Gasteiger partial charge in [-0.05, 0) is 36.2 Å². The van der Waals surface area contributed by atoms with Crippen molar-refractivity contribution in [3.05, 3.63) is 88.6 Å². The Morgan fingerprint density at radius 2 is 1.52 bits per heavy atom. The molecule has 4 heteroatoms. The molecule has 3 nitrogen and oxygen atoms in total. The van der Waals surface area contributed by atoms with E-state index in [0.717, 1.165) is 33.5 Å². The molecule has 1 aromatic heterocycles. The summed E-state index contributed by atoms with van der Waals surface area (Å²) < 4.78 is 13.7. The van der Waals surface area contributed by atoms with Gasteiger partial charge in [0, 0.05) is 39.9 Å². The fourth-order valence-electron chi connectivity index (χ4n) is 4.64. The SMILES string of the molecule is COc1cc(OC)c2c(c1)-n1c(-c3ccc(C)cc3)cc(-c3ccc(Cl)cc3)c1C2C. The summed E-state index contributed by atoms with van der Waals surface area (Å²) in [6, 6.07) is 23.1. The molecule has 0 saturated heterocycles. The highest BCUT2D eigenvalue weighted by atomic mass is 35.5. The molecule has 2 heterocycles. The number of hydrogen-bond acceptors (Lipinski definition) is 2. The topological polar surface area (TPSA) is 23.4 Å². The molecule has 1 unspecified atom stereocenters. The molecule has 0 fully saturated rings. The molecule has 0 radical (unpaired) electrons. The first-order valence-electron chi connectivity index (χ1n) is 10.4. The fourth-order valence-corrected chi connectivity index (χ4v) is 4.77. The van der Waals surface area contributed by atoms with Crippen LogP contribution in [0.2, 0.25) is 5.02 Å². The first-order valence-corrected chi connectivity index (χ1v) is 10.7. The number of ether oxygens (including phenoxy) is 2. The molecular formula is C27H24ClNO2. The molecule has 1 aliphatic rings. The van der Waals surface area contributed by atoms with Crippen LogP contribution in [-0.4, -0.2) is 18.8 Å². The summed E-state index contributed by atoms with van der Waals surface area (Å²) in [6.07, 6.45) is 0. The van der Waals surface area contributed by atoms with E-state index >= 15 is 0 Å². The lowest BCUT2D eigenvalue weighted by Crippen LogP contribution is -1.98. The third-order valence-electron chi connectivity index (χ3n) is 6.17. The molecule has 4 aromatic rings. The third kappa shape index (κ3) is 3.12. The van der Waals surface area contributed by atoms with E-state index in [0.29, 0.717) is 0 Å². The average molecular weight is 430 g/mol. The predicted octanol–water partition coefficient (Wildman–Crippen LogP) is 7.26. The Morgan fingerprint density at radius 1 is 0.839 bits per heavy atom. The van der Waals surface area contributed by atoms with E-state index in [2.05, 4.69) is 66.9 Å². The predicted molar refractivity (Wildman–Crippen MR) is 127 cm³/mol. The molecule has 5 rings (SSSR count). The van der Waals surface area contributed by atoms with Crippen LogP contribution in [0.25, 0.3) is 28.1 Å². The fraction of sp³-hybridized carbons (Fsp3) is 0.185. The molecule has 0 aliphatic carbocycles. The van der Waals surface area contributed by atoms with E-state index in [1.54, 1.807) is 14.2 Å². The van der Waals surface area contributed by atoms with Gasteiger partial charge in [0.05, 0.1) is 25.6 Å². The highest BCUT2D eigenvalue weighted by Gasteiger charge is 2.34. The van der Waals surface area contributed by atoms with E-state index in [1.165, 1.54) is 27.9 Å². The standard InChI is InChI=1S/C27H24ClNO2/c1-16-5-7-19(8-6-16)23-15-22(18-9-11-20(28)12-10-18)27-17(2)26-24(29(23)27)13-21(30-3)14-25(26)31-4/h5-15,17H,1-4H3. The van der Waals surface area contributed by atoms with Crippen molar-refractivity contribution >= 4 is 11.6 Å². The van der Waals surface area contributed by atoms with Crippen molar-refractivity contribution in [1.29, 1.82) is 0 Å². The molecule has 0 amide bonds. The number of aryl methyl sites for hydroxylation is 1. The Balaban J connectivity index is 1.83. The van der Waals surface area contributed by atoms with Crippen molar-refractivity contribution in [2.75, 3.05) is 14.2 Å². The third-order valence-corrected chi connectivity index (χ3v) is 6.43. The average Bonchev–Trinajstić information content (AvgIpc) is 3.31. The number of hydrogen-bond donors (Lipinski definition) is 0. The first kappa shape index (κ1) is 19.8. The number of nitrogens with zero attached hydrogens (tertiary/aromatic N) is 1. The second-order valence-corrected chi connectivity index (χ2v) is 8.46. The van der Waals surface area contributed by atoms with Crippen LogP contribution < -0.4 is 9.47 Å². The number of rotatable bonds is 4. The number of halogens is 1. The highest BCUT2D eigenvalue weighted by molar-refractivity contribution is 6.30. The van der Waals surface area contributed by atoms with Gasteiger partial charge in [-0.3, -0.25) is 0 Å². The van der Waals surface area contributed by atoms with Gasteiger partial charge >= 0.3 is 0 Å². The summed E-state index contributed by atoms with van der Waals surface area (Å²) in [6.45, 7) is 4.35. The number of methoxy groups -OCH3 is 2. The normalized spacial score (nSPS) is 14.3. The molecule has 0 N–H and O–H groups in total. The van der Waals surface area contributed by atoms with Crippen LogP contribution in [0.1, 0.15) is 29.7 Å². The smallest absolute Gasteiger partial charge is 0.128 e. The zero-order chi connectivity index (χ0) is 21.7. The van der Waals surface area contributed by atoms with Crippen LogP contribution in [0.5, 0.6) is 11.5 Å². The molecule has 0 spiro atoms. The van der Waals surface area contributed by atoms with Crippen molar-refractivity contribution in [2.45, 2.75) is 19.8 Å². The Morgan fingerprint density at radius 3 is 2.16 bits per heavy atom. The van der Waals surface area contributed by atoms with E-state index in [1.807, 2.05) is 18.2 Å². The van der Waals surface area contributed by atoms with Crippen LogP contribution in [0.4, 0.5) is 0 Å². The Hall–Kier alpha value is -3.17. The maximum atomic E-state index is 6.17. The zero-order valence-electron chi connectivity index (χ0n) is 18.1. The van der Waals surface area contributed by atoms with Crippen LogP contribution in [-0.2, 0) is 0 Å². The van der Waals surface area contributed by atoms with Crippen molar-refractivity contribution in [3.63, 3.8) is 0 Å². The first-order chi connectivity index (χ1) is 15.0. The van der Waals surface area contributed by atoms with Crippen LogP contribution in [0, 0.1) is 6.92 Å². The molecule has 156 valence electrons. The van der Waals surface area contributed by atoms with E-state index in [-0.39, 0.29) is 5.92 Å². The van der Waals surface area contributed by atoms with E-state index < -0.39 is 0 Å². The largest absolute Gasteiger partial charge is 0.497 e. The minimum atomic E-state index is 0.167. The Labute approximate surface area is 187 Å². The summed E-state index contributed by atoms with van der Waals surface area (Å²) in [5.74, 6) is 1.80. The highest BCUT2D eigenvalue weighted by Crippen LogP contribution is 2.51. The molecule has 0 saturated carbocycles. The molecule has 1 atom stereocenters. The molecule has 31 heavy (non-hydrogen) atoms.